The smallest absolute Gasteiger partial charge is 0.264 e. The number of halogens is 3. The Hall–Kier alpha value is -3.92. The van der Waals surface area contributed by atoms with Gasteiger partial charge in [-0.1, -0.05) is 96.4 Å². The van der Waals surface area contributed by atoms with Gasteiger partial charge in [0.25, 0.3) is 10.0 Å². The van der Waals surface area contributed by atoms with Gasteiger partial charge >= 0.3 is 0 Å². The van der Waals surface area contributed by atoms with Gasteiger partial charge in [0.15, 0.2) is 0 Å². The minimum Gasteiger partial charge on any atom is -0.352 e. The molecule has 0 bridgehead atoms. The first-order valence-corrected chi connectivity index (χ1v) is 17.0. The molecule has 0 aliphatic carbocycles. The minimum atomic E-state index is -4.45. The number of sulfonamides is 1. The van der Waals surface area contributed by atoms with Crippen molar-refractivity contribution in [3.05, 3.63) is 130 Å². The van der Waals surface area contributed by atoms with Gasteiger partial charge in [-0.2, -0.15) is 0 Å². The van der Waals surface area contributed by atoms with E-state index in [-0.39, 0.29) is 39.6 Å². The summed E-state index contributed by atoms with van der Waals surface area (Å²) in [5, 5.41) is 3.50. The van der Waals surface area contributed by atoms with Crippen LogP contribution in [0.2, 0.25) is 10.0 Å². The molecule has 4 aromatic carbocycles. The monoisotopic (exact) mass is 683 g/mol. The Morgan fingerprint density at radius 3 is 2.09 bits per heavy atom. The highest BCUT2D eigenvalue weighted by Crippen LogP contribution is 2.30. The molecule has 2 amide bonds. The van der Waals surface area contributed by atoms with Crippen LogP contribution in [0.25, 0.3) is 0 Å². The summed E-state index contributed by atoms with van der Waals surface area (Å²) in [6.45, 7) is 4.57. The van der Waals surface area contributed by atoms with E-state index in [1.807, 2.05) is 51.1 Å². The van der Waals surface area contributed by atoms with Crippen molar-refractivity contribution in [2.45, 2.75) is 57.1 Å². The largest absolute Gasteiger partial charge is 0.352 e. The van der Waals surface area contributed by atoms with Crippen LogP contribution in [0.1, 0.15) is 37.0 Å². The highest BCUT2D eigenvalue weighted by Gasteiger charge is 2.36. The van der Waals surface area contributed by atoms with Crippen LogP contribution in [0.3, 0.4) is 0 Å². The van der Waals surface area contributed by atoms with Crippen molar-refractivity contribution in [3.63, 3.8) is 0 Å². The molecule has 0 saturated heterocycles. The van der Waals surface area contributed by atoms with Gasteiger partial charge in [-0.15, -0.1) is 0 Å². The normalized spacial score (nSPS) is 12.7. The molecule has 0 aromatic heterocycles. The van der Waals surface area contributed by atoms with Gasteiger partial charge < -0.3 is 10.2 Å². The van der Waals surface area contributed by atoms with E-state index in [1.54, 1.807) is 30.3 Å². The third-order valence-corrected chi connectivity index (χ3v) is 10.2. The summed E-state index contributed by atoms with van der Waals surface area (Å²) in [5.74, 6) is -2.02. The Labute approximate surface area is 280 Å². The average Bonchev–Trinajstić information content (AvgIpc) is 3.03. The van der Waals surface area contributed by atoms with E-state index >= 15 is 4.39 Å². The fraction of sp³-hybridized carbons (Fsp3) is 0.257. The first-order valence-electron chi connectivity index (χ1n) is 14.8. The summed E-state index contributed by atoms with van der Waals surface area (Å²) in [7, 11) is -4.45. The van der Waals surface area contributed by atoms with Crippen molar-refractivity contribution < 1.29 is 22.4 Å². The fourth-order valence-electron chi connectivity index (χ4n) is 4.85. The van der Waals surface area contributed by atoms with Gasteiger partial charge in [-0.05, 0) is 62.2 Å². The number of hydrogen-bond acceptors (Lipinski definition) is 4. The summed E-state index contributed by atoms with van der Waals surface area (Å²) in [4.78, 5) is 29.6. The van der Waals surface area contributed by atoms with Crippen LogP contribution >= 0.6 is 23.2 Å². The van der Waals surface area contributed by atoms with Crippen molar-refractivity contribution >= 4 is 50.7 Å². The van der Waals surface area contributed by atoms with E-state index in [1.165, 1.54) is 35.2 Å². The SMILES string of the molecule is CC[C@@H](C)NC(=O)[C@@H](Cc1ccccc1)N(Cc1c(Cl)cccc1Cl)C(=O)CN(c1ccccc1F)S(=O)(=O)c1ccc(C)cc1. The number of anilines is 1. The predicted octanol–water partition coefficient (Wildman–Crippen LogP) is 7.19. The zero-order valence-corrected chi connectivity index (χ0v) is 28.1. The Balaban J connectivity index is 1.85. The lowest BCUT2D eigenvalue weighted by molar-refractivity contribution is -0.140. The number of nitrogens with zero attached hydrogens (tertiary/aromatic N) is 2. The summed E-state index contributed by atoms with van der Waals surface area (Å²) in [5.41, 5.74) is 1.67. The molecule has 46 heavy (non-hydrogen) atoms. The Morgan fingerprint density at radius 1 is 0.870 bits per heavy atom. The number of benzene rings is 4. The van der Waals surface area contributed by atoms with Crippen LogP contribution in [-0.4, -0.2) is 43.8 Å². The molecule has 11 heteroatoms. The molecule has 4 rings (SSSR count). The molecule has 0 heterocycles. The van der Waals surface area contributed by atoms with Crippen molar-refractivity contribution in [1.29, 1.82) is 0 Å². The summed E-state index contributed by atoms with van der Waals surface area (Å²) >= 11 is 13.1. The van der Waals surface area contributed by atoms with E-state index in [0.717, 1.165) is 21.5 Å². The lowest BCUT2D eigenvalue weighted by Crippen LogP contribution is -2.54. The maximum Gasteiger partial charge on any atom is 0.264 e. The van der Waals surface area contributed by atoms with Gasteiger partial charge in [0, 0.05) is 34.6 Å². The third kappa shape index (κ3) is 8.46. The standard InChI is InChI=1S/C35H36Cl2FN3O4S/c1-4-25(3)39-35(43)33(21-26-11-6-5-7-12-26)40(22-28-29(36)13-10-14-30(28)37)34(42)23-41(32-16-9-8-15-31(32)38)46(44,45)27-19-17-24(2)18-20-27/h5-20,25,33H,4,21-23H2,1-3H3,(H,39,43)/t25-,33-/m1/s1. The number of rotatable bonds is 13. The molecule has 0 saturated carbocycles. The van der Waals surface area contributed by atoms with Gasteiger partial charge in [0.2, 0.25) is 11.8 Å². The zero-order valence-electron chi connectivity index (χ0n) is 25.8. The molecule has 2 atom stereocenters. The number of carbonyl (C=O) groups is 2. The third-order valence-electron chi connectivity index (χ3n) is 7.67. The second-order valence-electron chi connectivity index (χ2n) is 11.0. The predicted molar refractivity (Wildman–Crippen MR) is 181 cm³/mol. The number of nitrogens with one attached hydrogen (secondary N) is 1. The quantitative estimate of drug-likeness (QED) is 0.162. The molecular formula is C35H36Cl2FN3O4S. The second kappa shape index (κ2) is 15.6. The van der Waals surface area contributed by atoms with Crippen LogP contribution in [-0.2, 0) is 32.6 Å². The van der Waals surface area contributed by atoms with Gasteiger partial charge in [0.05, 0.1) is 10.6 Å². The molecule has 0 fully saturated rings. The van der Waals surface area contributed by atoms with Crippen molar-refractivity contribution in [2.75, 3.05) is 10.8 Å². The fourth-order valence-corrected chi connectivity index (χ4v) is 6.79. The van der Waals surface area contributed by atoms with Gasteiger partial charge in [-0.25, -0.2) is 12.8 Å². The van der Waals surface area contributed by atoms with Crippen LogP contribution < -0.4 is 9.62 Å². The topological polar surface area (TPSA) is 86.8 Å². The van der Waals surface area contributed by atoms with Crippen molar-refractivity contribution in [1.82, 2.24) is 10.2 Å². The van der Waals surface area contributed by atoms with Crippen LogP contribution in [0, 0.1) is 12.7 Å². The number of para-hydroxylation sites is 1. The average molecular weight is 685 g/mol. The first-order chi connectivity index (χ1) is 21.9. The van der Waals surface area contributed by atoms with Gasteiger partial charge in [-0.3, -0.25) is 13.9 Å². The molecule has 242 valence electrons. The maximum atomic E-state index is 15.3. The molecule has 1 N–H and O–H groups in total. The Kier molecular flexibility index (Phi) is 11.8. The van der Waals surface area contributed by atoms with E-state index in [9.17, 15) is 18.0 Å². The van der Waals surface area contributed by atoms with E-state index in [2.05, 4.69) is 5.32 Å². The lowest BCUT2D eigenvalue weighted by Gasteiger charge is -2.34. The van der Waals surface area contributed by atoms with E-state index in [0.29, 0.717) is 12.0 Å². The summed E-state index contributed by atoms with van der Waals surface area (Å²) in [6.07, 6.45) is 0.755. The first kappa shape index (κ1) is 34.9. The molecule has 0 spiro atoms. The van der Waals surface area contributed by atoms with E-state index < -0.39 is 40.2 Å². The highest BCUT2D eigenvalue weighted by atomic mass is 35.5. The van der Waals surface area contributed by atoms with Crippen LogP contribution in [0.4, 0.5) is 10.1 Å². The summed E-state index contributed by atoms with van der Waals surface area (Å²) in [6, 6.07) is 24.1. The number of amides is 2. The van der Waals surface area contributed by atoms with Crippen molar-refractivity contribution in [3.8, 4) is 0 Å². The molecular weight excluding hydrogens is 648 g/mol. The molecule has 7 nitrogen and oxygen atoms in total. The van der Waals surface area contributed by atoms with E-state index in [4.69, 9.17) is 23.2 Å². The zero-order chi connectivity index (χ0) is 33.4. The second-order valence-corrected chi connectivity index (χ2v) is 13.7. The number of aryl methyl sites for hydroxylation is 1. The lowest BCUT2D eigenvalue weighted by atomic mass is 10.0. The minimum absolute atomic E-state index is 0.112. The molecule has 0 unspecified atom stereocenters. The number of hydrogen-bond donors (Lipinski definition) is 1. The van der Waals surface area contributed by atoms with Gasteiger partial charge in [0.1, 0.15) is 18.4 Å². The highest BCUT2D eigenvalue weighted by molar-refractivity contribution is 7.92. The van der Waals surface area contributed by atoms with Crippen molar-refractivity contribution in [2.24, 2.45) is 0 Å². The van der Waals surface area contributed by atoms with Crippen LogP contribution in [0.15, 0.2) is 102 Å². The number of carbonyl (C=O) groups excluding carboxylic acids is 2. The molecule has 4 aromatic rings. The molecule has 0 aliphatic rings. The maximum absolute atomic E-state index is 15.3. The molecule has 0 radical (unpaired) electrons. The summed E-state index contributed by atoms with van der Waals surface area (Å²) < 4.78 is 44.2. The Morgan fingerprint density at radius 2 is 1.48 bits per heavy atom. The van der Waals surface area contributed by atoms with Crippen LogP contribution in [0.5, 0.6) is 0 Å². The molecule has 0 aliphatic heterocycles. The Bertz CT molecular complexity index is 1750.